The maximum Gasteiger partial charge on any atom is 0.313 e. The van der Waals surface area contributed by atoms with Crippen LogP contribution in [-0.4, -0.2) is 44.8 Å². The molecule has 0 aliphatic rings. The summed E-state index contributed by atoms with van der Waals surface area (Å²) in [6.45, 7) is 0. The van der Waals surface area contributed by atoms with Gasteiger partial charge in [0.25, 0.3) is 0 Å². The van der Waals surface area contributed by atoms with E-state index in [0.717, 1.165) is 22.7 Å². The Hall–Kier alpha value is -2.48. The molecule has 0 saturated carbocycles. The van der Waals surface area contributed by atoms with Crippen LogP contribution in [0.15, 0.2) is 29.4 Å². The third-order valence-corrected chi connectivity index (χ3v) is 3.93. The van der Waals surface area contributed by atoms with Gasteiger partial charge in [-0.15, -0.1) is 10.2 Å². The first-order valence-corrected chi connectivity index (χ1v) is 7.48. The fraction of sp³-hybridized carbons (Fsp3) is 0.214. The summed E-state index contributed by atoms with van der Waals surface area (Å²) >= 11 is 1.14. The van der Waals surface area contributed by atoms with Gasteiger partial charge >= 0.3 is 5.97 Å². The second-order valence-corrected chi connectivity index (χ2v) is 5.48. The Kier molecular flexibility index (Phi) is 4.01. The van der Waals surface area contributed by atoms with Gasteiger partial charge in [-0.05, 0) is 6.07 Å². The van der Waals surface area contributed by atoms with Crippen molar-refractivity contribution >= 4 is 45.6 Å². The van der Waals surface area contributed by atoms with Crippen molar-refractivity contribution in [3.63, 3.8) is 0 Å². The number of ether oxygens (including phenoxy) is 1. The molecule has 0 atom stereocenters. The predicted molar refractivity (Wildman–Crippen MR) is 81.6 cm³/mol. The second kappa shape index (κ2) is 6.10. The van der Waals surface area contributed by atoms with Gasteiger partial charge in [-0.2, -0.15) is 0 Å². The summed E-state index contributed by atoms with van der Waals surface area (Å²) in [6.07, 6.45) is -0.244. The van der Waals surface area contributed by atoms with Gasteiger partial charge in [-0.3, -0.25) is 9.59 Å². The van der Waals surface area contributed by atoms with Gasteiger partial charge in [0, 0.05) is 10.9 Å². The number of fused-ring (bicyclic) bond motifs is 3. The minimum atomic E-state index is -0.546. The normalized spacial score (nSPS) is 11.0. The molecule has 7 nitrogen and oxygen atoms in total. The van der Waals surface area contributed by atoms with E-state index in [0.29, 0.717) is 16.3 Å². The third kappa shape index (κ3) is 2.91. The minimum absolute atomic E-state index is 0.0997. The van der Waals surface area contributed by atoms with E-state index in [1.54, 1.807) is 0 Å². The van der Waals surface area contributed by atoms with Crippen LogP contribution in [0.25, 0.3) is 22.1 Å². The van der Waals surface area contributed by atoms with Gasteiger partial charge in [-0.1, -0.05) is 30.0 Å². The van der Waals surface area contributed by atoms with Crippen LogP contribution >= 0.6 is 11.8 Å². The number of esters is 1. The van der Waals surface area contributed by atoms with Crippen molar-refractivity contribution < 1.29 is 14.3 Å². The highest BCUT2D eigenvalue weighted by Gasteiger charge is 2.13. The molecule has 112 valence electrons. The number of Topliss-reactive ketones (excluding diaryl/α,β-unsaturated/α-hetero) is 1. The molecule has 22 heavy (non-hydrogen) atoms. The van der Waals surface area contributed by atoms with E-state index in [2.05, 4.69) is 24.9 Å². The molecule has 2 heterocycles. The second-order valence-electron chi connectivity index (χ2n) is 4.54. The van der Waals surface area contributed by atoms with E-state index in [-0.39, 0.29) is 18.0 Å². The molecular formula is C14H12N4O3S. The number of aromatic amines is 1. The van der Waals surface area contributed by atoms with Crippen LogP contribution in [-0.2, 0) is 14.3 Å². The average molecular weight is 316 g/mol. The monoisotopic (exact) mass is 316 g/mol. The van der Waals surface area contributed by atoms with Crippen molar-refractivity contribution in [3.8, 4) is 0 Å². The highest BCUT2D eigenvalue weighted by Crippen LogP contribution is 2.23. The highest BCUT2D eigenvalue weighted by molar-refractivity contribution is 7.99. The number of nitrogens with zero attached hydrogens (tertiary/aromatic N) is 3. The number of benzene rings is 1. The summed E-state index contributed by atoms with van der Waals surface area (Å²) in [4.78, 5) is 30.1. The smallest absolute Gasteiger partial charge is 0.313 e. The molecule has 0 radical (unpaired) electrons. The van der Waals surface area contributed by atoms with E-state index in [9.17, 15) is 9.59 Å². The van der Waals surface area contributed by atoms with Crippen LogP contribution < -0.4 is 0 Å². The number of aromatic nitrogens is 4. The number of carbonyl (C=O) groups is 2. The van der Waals surface area contributed by atoms with E-state index >= 15 is 0 Å². The lowest BCUT2D eigenvalue weighted by Gasteiger charge is -1.99. The summed E-state index contributed by atoms with van der Waals surface area (Å²) in [5.41, 5.74) is 2.25. The Morgan fingerprint density at radius 3 is 2.91 bits per heavy atom. The first-order chi connectivity index (χ1) is 10.7. The molecule has 0 bridgehead atoms. The number of carbonyl (C=O) groups excluding carboxylic acids is 2. The third-order valence-electron chi connectivity index (χ3n) is 3.03. The van der Waals surface area contributed by atoms with Crippen LogP contribution in [0.1, 0.15) is 6.42 Å². The summed E-state index contributed by atoms with van der Waals surface area (Å²) in [6, 6.07) is 7.72. The van der Waals surface area contributed by atoms with E-state index in [4.69, 9.17) is 0 Å². The summed E-state index contributed by atoms with van der Waals surface area (Å²) < 4.78 is 4.45. The molecule has 8 heteroatoms. The predicted octanol–water partition coefficient (Wildman–Crippen LogP) is 1.73. The molecule has 0 amide bonds. The lowest BCUT2D eigenvalue weighted by atomic mass is 10.2. The Morgan fingerprint density at radius 1 is 1.27 bits per heavy atom. The van der Waals surface area contributed by atoms with Crippen molar-refractivity contribution in [1.82, 2.24) is 20.2 Å². The van der Waals surface area contributed by atoms with Crippen molar-refractivity contribution in [2.45, 2.75) is 11.6 Å². The summed E-state index contributed by atoms with van der Waals surface area (Å²) in [7, 11) is 1.25. The Bertz CT molecular complexity index is 862. The number of nitrogens with one attached hydrogen (secondary N) is 1. The number of H-pyrrole nitrogens is 1. The molecule has 0 aliphatic carbocycles. The molecule has 0 saturated heterocycles. The molecule has 0 aliphatic heterocycles. The van der Waals surface area contributed by atoms with Gasteiger partial charge in [-0.25, -0.2) is 4.98 Å². The molecular weight excluding hydrogens is 304 g/mol. The number of ketones is 1. The van der Waals surface area contributed by atoms with Crippen molar-refractivity contribution in [2.24, 2.45) is 0 Å². The molecule has 2 aromatic heterocycles. The number of hydrogen-bond donors (Lipinski definition) is 1. The van der Waals surface area contributed by atoms with Crippen LogP contribution in [0.5, 0.6) is 0 Å². The van der Waals surface area contributed by atoms with E-state index in [1.165, 1.54) is 7.11 Å². The zero-order valence-corrected chi connectivity index (χ0v) is 12.5. The molecule has 0 fully saturated rings. The van der Waals surface area contributed by atoms with Gasteiger partial charge < -0.3 is 9.72 Å². The number of para-hydroxylation sites is 1. The minimum Gasteiger partial charge on any atom is -0.469 e. The lowest BCUT2D eigenvalue weighted by molar-refractivity contribution is -0.142. The molecule has 3 aromatic rings. The quantitative estimate of drug-likeness (QED) is 0.435. The number of rotatable bonds is 5. The Labute approximate surface area is 129 Å². The Morgan fingerprint density at radius 2 is 2.09 bits per heavy atom. The zero-order valence-electron chi connectivity index (χ0n) is 11.7. The fourth-order valence-electron chi connectivity index (χ4n) is 2.00. The SMILES string of the molecule is COC(=O)CC(=O)CSc1nnc2c(n1)[nH]c1ccccc12. The molecule has 0 spiro atoms. The van der Waals surface area contributed by atoms with Gasteiger partial charge in [0.15, 0.2) is 11.4 Å². The van der Waals surface area contributed by atoms with Gasteiger partial charge in [0.05, 0.1) is 12.9 Å². The lowest BCUT2D eigenvalue weighted by Crippen LogP contribution is -2.11. The van der Waals surface area contributed by atoms with Crippen molar-refractivity contribution in [3.05, 3.63) is 24.3 Å². The zero-order chi connectivity index (χ0) is 15.5. The molecule has 1 aromatic carbocycles. The first kappa shape index (κ1) is 14.5. The first-order valence-electron chi connectivity index (χ1n) is 6.50. The largest absolute Gasteiger partial charge is 0.469 e. The van der Waals surface area contributed by atoms with Gasteiger partial charge in [0.2, 0.25) is 5.16 Å². The molecule has 0 unspecified atom stereocenters. The van der Waals surface area contributed by atoms with Crippen LogP contribution in [0.3, 0.4) is 0 Å². The van der Waals surface area contributed by atoms with Crippen molar-refractivity contribution in [2.75, 3.05) is 12.9 Å². The summed E-state index contributed by atoms with van der Waals surface area (Å²) in [5, 5.41) is 9.51. The van der Waals surface area contributed by atoms with Crippen LogP contribution in [0.2, 0.25) is 0 Å². The Balaban J connectivity index is 1.76. The number of methoxy groups -OCH3 is 1. The average Bonchev–Trinajstić information content (AvgIpc) is 2.90. The van der Waals surface area contributed by atoms with Crippen LogP contribution in [0, 0.1) is 0 Å². The van der Waals surface area contributed by atoms with Crippen LogP contribution in [0.4, 0.5) is 0 Å². The highest BCUT2D eigenvalue weighted by atomic mass is 32.2. The van der Waals surface area contributed by atoms with Gasteiger partial charge in [0.1, 0.15) is 11.9 Å². The van der Waals surface area contributed by atoms with E-state index in [1.807, 2.05) is 24.3 Å². The standard InChI is InChI=1S/C14H12N4O3S/c1-21-11(20)6-8(19)7-22-14-16-13-12(17-18-14)9-4-2-3-5-10(9)15-13/h2-5H,6-7H2,1H3,(H,15,16,18). The van der Waals surface area contributed by atoms with Crippen molar-refractivity contribution in [1.29, 1.82) is 0 Å². The fourth-order valence-corrected chi connectivity index (χ4v) is 2.64. The summed E-state index contributed by atoms with van der Waals surface area (Å²) in [5.74, 6) is -0.685. The topological polar surface area (TPSA) is 97.8 Å². The molecule has 1 N–H and O–H groups in total. The van der Waals surface area contributed by atoms with E-state index < -0.39 is 5.97 Å². The number of thioether (sulfide) groups is 1. The maximum atomic E-state index is 11.6. The maximum absolute atomic E-state index is 11.6. The number of hydrogen-bond acceptors (Lipinski definition) is 7. The molecule has 3 rings (SSSR count).